The number of nitrogens with one attached hydrogen (secondary N) is 2. The number of guanidine groups is 1. The highest BCUT2D eigenvalue weighted by molar-refractivity contribution is 14.0. The van der Waals surface area contributed by atoms with Gasteiger partial charge in [0.05, 0.1) is 6.26 Å². The largest absolute Gasteiger partial charge is 0.469 e. The van der Waals surface area contributed by atoms with E-state index < -0.39 is 0 Å². The van der Waals surface area contributed by atoms with Crippen LogP contribution in [0.25, 0.3) is 0 Å². The molecule has 1 aliphatic heterocycles. The summed E-state index contributed by atoms with van der Waals surface area (Å²) in [5.41, 5.74) is 1.39. The van der Waals surface area contributed by atoms with E-state index in [9.17, 15) is 0 Å². The molecule has 0 aliphatic carbocycles. The molecule has 0 spiro atoms. The second-order valence-electron chi connectivity index (χ2n) is 8.21. The molecule has 1 fully saturated rings. The van der Waals surface area contributed by atoms with E-state index in [2.05, 4.69) is 52.8 Å². The van der Waals surface area contributed by atoms with Crippen molar-refractivity contribution < 1.29 is 9.15 Å². The molecule has 2 atom stereocenters. The molecule has 0 bridgehead atoms. The van der Waals surface area contributed by atoms with Crippen LogP contribution in [-0.4, -0.2) is 55.8 Å². The molecular formula is C25H39IN4O2. The normalized spacial score (nSPS) is 19.4. The van der Waals surface area contributed by atoms with E-state index in [1.165, 1.54) is 5.56 Å². The minimum atomic E-state index is 0. The van der Waals surface area contributed by atoms with Crippen molar-refractivity contribution in [2.24, 2.45) is 4.99 Å². The first-order chi connectivity index (χ1) is 15.2. The Hall–Kier alpha value is -1.58. The Morgan fingerprint density at radius 1 is 1.22 bits per heavy atom. The second-order valence-corrected chi connectivity index (χ2v) is 8.21. The van der Waals surface area contributed by atoms with Gasteiger partial charge in [0, 0.05) is 57.9 Å². The number of halogens is 1. The third kappa shape index (κ3) is 9.50. The molecule has 1 saturated heterocycles. The molecule has 2 N–H and O–H groups in total. The van der Waals surface area contributed by atoms with E-state index >= 15 is 0 Å². The van der Waals surface area contributed by atoms with Crippen LogP contribution >= 0.6 is 24.0 Å². The minimum Gasteiger partial charge on any atom is -0.469 e. The molecule has 2 aromatic rings. The average molecular weight is 555 g/mol. The summed E-state index contributed by atoms with van der Waals surface area (Å²) in [5, 5.41) is 7.17. The summed E-state index contributed by atoms with van der Waals surface area (Å²) in [4.78, 5) is 7.37. The molecule has 0 saturated carbocycles. The van der Waals surface area contributed by atoms with E-state index in [1.54, 1.807) is 6.26 Å². The average Bonchev–Trinajstić information content (AvgIpc) is 3.29. The van der Waals surface area contributed by atoms with Crippen LogP contribution in [0.2, 0.25) is 0 Å². The zero-order valence-corrected chi connectivity index (χ0v) is 21.8. The number of rotatable bonds is 11. The van der Waals surface area contributed by atoms with Crippen molar-refractivity contribution in [3.8, 4) is 0 Å². The van der Waals surface area contributed by atoms with Crippen LogP contribution in [0.5, 0.6) is 0 Å². The van der Waals surface area contributed by atoms with Gasteiger partial charge in [-0.2, -0.15) is 0 Å². The lowest BCUT2D eigenvalue weighted by Crippen LogP contribution is -2.51. The van der Waals surface area contributed by atoms with Gasteiger partial charge in [-0.15, -0.1) is 24.0 Å². The van der Waals surface area contributed by atoms with Gasteiger partial charge in [0.15, 0.2) is 5.96 Å². The fourth-order valence-electron chi connectivity index (χ4n) is 4.01. The SMILES string of the molecule is CCOCCCN=C(NCCc1ccco1)NC1CCN(Cc2ccccc2)C(C)C1.I. The molecule has 0 radical (unpaired) electrons. The van der Waals surface area contributed by atoms with Gasteiger partial charge in [-0.1, -0.05) is 30.3 Å². The zero-order chi connectivity index (χ0) is 21.7. The maximum atomic E-state index is 5.44. The monoisotopic (exact) mass is 554 g/mol. The molecule has 178 valence electrons. The Kier molecular flexibility index (Phi) is 12.7. The summed E-state index contributed by atoms with van der Waals surface area (Å²) in [6.07, 6.45) is 5.74. The number of hydrogen-bond donors (Lipinski definition) is 2. The molecule has 32 heavy (non-hydrogen) atoms. The number of ether oxygens (including phenoxy) is 1. The van der Waals surface area contributed by atoms with Crippen molar-refractivity contribution in [2.75, 3.05) is 32.8 Å². The highest BCUT2D eigenvalue weighted by Gasteiger charge is 2.26. The van der Waals surface area contributed by atoms with Crippen LogP contribution in [0, 0.1) is 0 Å². The summed E-state index contributed by atoms with van der Waals surface area (Å²) in [6, 6.07) is 15.7. The second kappa shape index (κ2) is 15.3. The summed E-state index contributed by atoms with van der Waals surface area (Å²) >= 11 is 0. The lowest BCUT2D eigenvalue weighted by Gasteiger charge is -2.38. The quantitative estimate of drug-likeness (QED) is 0.186. The first-order valence-electron chi connectivity index (χ1n) is 11.7. The fourth-order valence-corrected chi connectivity index (χ4v) is 4.01. The number of nitrogens with zero attached hydrogens (tertiary/aromatic N) is 2. The van der Waals surface area contributed by atoms with Crippen molar-refractivity contribution in [3.63, 3.8) is 0 Å². The van der Waals surface area contributed by atoms with E-state index in [1.807, 2.05) is 19.1 Å². The third-order valence-corrected chi connectivity index (χ3v) is 5.75. The zero-order valence-electron chi connectivity index (χ0n) is 19.5. The number of furan rings is 1. The Bertz CT molecular complexity index is 755. The van der Waals surface area contributed by atoms with Crippen molar-refractivity contribution in [1.29, 1.82) is 0 Å². The minimum absolute atomic E-state index is 0. The smallest absolute Gasteiger partial charge is 0.191 e. The molecule has 1 aromatic carbocycles. The Labute approximate surface area is 210 Å². The maximum Gasteiger partial charge on any atom is 0.191 e. The van der Waals surface area contributed by atoms with Gasteiger partial charge in [0.2, 0.25) is 0 Å². The molecular weight excluding hydrogens is 515 g/mol. The van der Waals surface area contributed by atoms with Crippen LogP contribution < -0.4 is 10.6 Å². The lowest BCUT2D eigenvalue weighted by molar-refractivity contribution is 0.134. The molecule has 1 aliphatic rings. The predicted octanol–water partition coefficient (Wildman–Crippen LogP) is 4.46. The Morgan fingerprint density at radius 3 is 2.78 bits per heavy atom. The standard InChI is InChI=1S/C25H38N4O2.HI/c1-3-30-17-8-14-26-25(27-15-12-24-11-7-18-31-24)28-23-13-16-29(21(2)19-23)20-22-9-5-4-6-10-22;/h4-7,9-11,18,21,23H,3,8,12-17,19-20H2,1-2H3,(H2,26,27,28);1H. The molecule has 3 rings (SSSR count). The molecule has 2 unspecified atom stereocenters. The first-order valence-corrected chi connectivity index (χ1v) is 11.7. The highest BCUT2D eigenvalue weighted by atomic mass is 127. The van der Waals surface area contributed by atoms with E-state index in [0.29, 0.717) is 12.1 Å². The van der Waals surface area contributed by atoms with Gasteiger partial charge in [-0.3, -0.25) is 9.89 Å². The van der Waals surface area contributed by atoms with Gasteiger partial charge < -0.3 is 19.8 Å². The van der Waals surface area contributed by atoms with Gasteiger partial charge in [0.1, 0.15) is 5.76 Å². The lowest BCUT2D eigenvalue weighted by atomic mass is 9.97. The maximum absolute atomic E-state index is 5.44. The van der Waals surface area contributed by atoms with Gasteiger partial charge in [-0.05, 0) is 50.8 Å². The highest BCUT2D eigenvalue weighted by Crippen LogP contribution is 2.20. The van der Waals surface area contributed by atoms with E-state index in [0.717, 1.165) is 76.8 Å². The molecule has 0 amide bonds. The Balaban J connectivity index is 0.00000363. The van der Waals surface area contributed by atoms with Crippen LogP contribution in [0.3, 0.4) is 0 Å². The van der Waals surface area contributed by atoms with Gasteiger partial charge in [-0.25, -0.2) is 0 Å². The number of aliphatic imine (C=N–C) groups is 1. The van der Waals surface area contributed by atoms with Crippen molar-refractivity contribution in [3.05, 3.63) is 60.1 Å². The van der Waals surface area contributed by atoms with Crippen molar-refractivity contribution in [2.45, 2.75) is 58.2 Å². The van der Waals surface area contributed by atoms with Crippen molar-refractivity contribution >= 4 is 29.9 Å². The molecule has 2 heterocycles. The summed E-state index contributed by atoms with van der Waals surface area (Å²) in [6.45, 7) is 9.56. The van der Waals surface area contributed by atoms with Gasteiger partial charge in [0.25, 0.3) is 0 Å². The summed E-state index contributed by atoms with van der Waals surface area (Å²) < 4.78 is 10.9. The topological polar surface area (TPSA) is 62.0 Å². The summed E-state index contributed by atoms with van der Waals surface area (Å²) in [7, 11) is 0. The number of piperidine rings is 1. The van der Waals surface area contributed by atoms with E-state index in [-0.39, 0.29) is 24.0 Å². The van der Waals surface area contributed by atoms with Crippen LogP contribution in [0.1, 0.15) is 44.4 Å². The molecule has 7 heteroatoms. The molecule has 1 aromatic heterocycles. The number of hydrogen-bond acceptors (Lipinski definition) is 4. The number of benzene rings is 1. The fraction of sp³-hybridized carbons (Fsp3) is 0.560. The van der Waals surface area contributed by atoms with E-state index in [4.69, 9.17) is 14.1 Å². The summed E-state index contributed by atoms with van der Waals surface area (Å²) in [5.74, 6) is 1.89. The van der Waals surface area contributed by atoms with Gasteiger partial charge >= 0.3 is 0 Å². The van der Waals surface area contributed by atoms with Crippen LogP contribution in [0.15, 0.2) is 58.1 Å². The molecule has 6 nitrogen and oxygen atoms in total. The predicted molar refractivity (Wildman–Crippen MR) is 142 cm³/mol. The number of likely N-dealkylation sites (tertiary alicyclic amines) is 1. The van der Waals surface area contributed by atoms with Crippen molar-refractivity contribution in [1.82, 2.24) is 15.5 Å². The first kappa shape index (κ1) is 26.7. The van der Waals surface area contributed by atoms with Crippen LogP contribution in [0.4, 0.5) is 0 Å². The van der Waals surface area contributed by atoms with Crippen LogP contribution in [-0.2, 0) is 17.7 Å². The Morgan fingerprint density at radius 2 is 2.06 bits per heavy atom. The third-order valence-electron chi connectivity index (χ3n) is 5.75.